The molecule has 3 N–H and O–H groups in total. The lowest BCUT2D eigenvalue weighted by Crippen LogP contribution is -2.10. The molecule has 0 atom stereocenters. The van der Waals surface area contributed by atoms with Crippen molar-refractivity contribution in [1.82, 2.24) is 9.97 Å². The van der Waals surface area contributed by atoms with Crippen LogP contribution in [0, 0.1) is 17.0 Å². The number of nitrogens with zero attached hydrogens (tertiary/aromatic N) is 3. The third-order valence-corrected chi connectivity index (χ3v) is 2.81. The number of rotatable bonds is 5. The number of aromatic nitrogens is 2. The number of nitrogens with one attached hydrogen (secondary N) is 1. The Bertz CT molecular complexity index is 653. The molecule has 0 aliphatic carbocycles. The van der Waals surface area contributed by atoms with E-state index in [-0.39, 0.29) is 17.3 Å². The summed E-state index contributed by atoms with van der Waals surface area (Å²) in [6.45, 7) is 3.53. The van der Waals surface area contributed by atoms with E-state index < -0.39 is 4.92 Å². The van der Waals surface area contributed by atoms with Crippen molar-refractivity contribution in [2.75, 3.05) is 5.43 Å². The highest BCUT2D eigenvalue weighted by atomic mass is 16.6. The van der Waals surface area contributed by atoms with Crippen molar-refractivity contribution in [2.24, 2.45) is 5.84 Å². The fraction of sp³-hybridized carbons (Fsp3) is 0.231. The first-order valence-electron chi connectivity index (χ1n) is 6.31. The summed E-state index contributed by atoms with van der Waals surface area (Å²) < 4.78 is 5.55. The number of para-hydroxylation sites is 1. The monoisotopic (exact) mass is 289 g/mol. The minimum atomic E-state index is -0.477. The number of hydrazine groups is 1. The fourth-order valence-electron chi connectivity index (χ4n) is 1.82. The topological polar surface area (TPSA) is 116 Å². The summed E-state index contributed by atoms with van der Waals surface area (Å²) in [5.41, 5.74) is 2.84. The fourth-order valence-corrected chi connectivity index (χ4v) is 1.82. The predicted octanol–water partition coefficient (Wildman–Crippen LogP) is 2.33. The zero-order chi connectivity index (χ0) is 15.4. The molecule has 0 unspecified atom stereocenters. The van der Waals surface area contributed by atoms with Gasteiger partial charge in [-0.05, 0) is 13.0 Å². The van der Waals surface area contributed by atoms with Crippen LogP contribution in [0.2, 0.25) is 0 Å². The molecule has 0 spiro atoms. The van der Waals surface area contributed by atoms with Crippen molar-refractivity contribution >= 4 is 11.5 Å². The van der Waals surface area contributed by atoms with Gasteiger partial charge in [-0.15, -0.1) is 0 Å². The predicted molar refractivity (Wildman–Crippen MR) is 77.1 cm³/mol. The van der Waals surface area contributed by atoms with E-state index in [0.29, 0.717) is 23.6 Å². The van der Waals surface area contributed by atoms with Gasteiger partial charge >= 0.3 is 5.69 Å². The first-order valence-corrected chi connectivity index (χ1v) is 6.31. The van der Waals surface area contributed by atoms with Crippen LogP contribution < -0.4 is 16.0 Å². The number of hydrogen-bond donors (Lipinski definition) is 2. The summed E-state index contributed by atoms with van der Waals surface area (Å²) in [5, 5.41) is 11.1. The minimum absolute atomic E-state index is 0.0866. The molecule has 0 fully saturated rings. The van der Waals surface area contributed by atoms with Gasteiger partial charge in [0.2, 0.25) is 11.6 Å². The molecule has 0 saturated heterocycles. The highest BCUT2D eigenvalue weighted by Crippen LogP contribution is 2.33. The average molecular weight is 289 g/mol. The van der Waals surface area contributed by atoms with Crippen LogP contribution in [0.1, 0.15) is 18.3 Å². The second-order valence-electron chi connectivity index (χ2n) is 4.29. The quantitative estimate of drug-likeness (QED) is 0.493. The maximum Gasteiger partial charge on any atom is 0.314 e. The van der Waals surface area contributed by atoms with Crippen LogP contribution in [0.4, 0.5) is 11.5 Å². The molecule has 8 heteroatoms. The van der Waals surface area contributed by atoms with Crippen molar-refractivity contribution in [3.05, 3.63) is 45.8 Å². The molecule has 0 radical (unpaired) electrons. The smallest absolute Gasteiger partial charge is 0.314 e. The highest BCUT2D eigenvalue weighted by molar-refractivity contribution is 5.53. The molecule has 2 aromatic rings. The van der Waals surface area contributed by atoms with Gasteiger partial charge in [0.15, 0.2) is 0 Å². The molecule has 21 heavy (non-hydrogen) atoms. The van der Waals surface area contributed by atoms with Gasteiger partial charge in [0, 0.05) is 18.1 Å². The Morgan fingerprint density at radius 2 is 2.19 bits per heavy atom. The number of anilines is 1. The Balaban J connectivity index is 2.43. The largest absolute Gasteiger partial charge is 0.432 e. The summed E-state index contributed by atoms with van der Waals surface area (Å²) in [6.07, 6.45) is 0.585. The maximum absolute atomic E-state index is 11.1. The number of aryl methyl sites for hydroxylation is 2. The SMILES string of the molecule is CCc1nc(NN)cc(Oc2cccc(C)c2[N+](=O)[O-])n1. The van der Waals surface area contributed by atoms with E-state index in [9.17, 15) is 10.1 Å². The number of nitrogens with two attached hydrogens (primary N) is 1. The van der Waals surface area contributed by atoms with E-state index in [1.54, 1.807) is 19.1 Å². The first-order chi connectivity index (χ1) is 10.0. The van der Waals surface area contributed by atoms with Gasteiger partial charge in [-0.1, -0.05) is 19.1 Å². The van der Waals surface area contributed by atoms with Gasteiger partial charge in [-0.2, -0.15) is 4.98 Å². The minimum Gasteiger partial charge on any atom is -0.432 e. The Kier molecular flexibility index (Phi) is 4.29. The lowest BCUT2D eigenvalue weighted by molar-refractivity contribution is -0.386. The van der Waals surface area contributed by atoms with Gasteiger partial charge < -0.3 is 10.2 Å². The van der Waals surface area contributed by atoms with Gasteiger partial charge in [-0.25, -0.2) is 10.8 Å². The molecule has 2 rings (SSSR count). The molecule has 0 aliphatic rings. The number of hydrogen-bond acceptors (Lipinski definition) is 7. The van der Waals surface area contributed by atoms with Crippen LogP contribution in [-0.4, -0.2) is 14.9 Å². The summed E-state index contributed by atoms with van der Waals surface area (Å²) in [4.78, 5) is 19.0. The first kappa shape index (κ1) is 14.7. The van der Waals surface area contributed by atoms with Crippen LogP contribution in [0.25, 0.3) is 0 Å². The second-order valence-corrected chi connectivity index (χ2v) is 4.29. The maximum atomic E-state index is 11.1. The van der Waals surface area contributed by atoms with E-state index in [1.807, 2.05) is 6.92 Å². The number of nitrogen functional groups attached to an aromatic ring is 1. The molecule has 0 saturated carbocycles. The summed E-state index contributed by atoms with van der Waals surface area (Å²) in [7, 11) is 0. The average Bonchev–Trinajstić information content (AvgIpc) is 2.46. The van der Waals surface area contributed by atoms with E-state index in [1.165, 1.54) is 12.1 Å². The van der Waals surface area contributed by atoms with E-state index in [4.69, 9.17) is 10.6 Å². The van der Waals surface area contributed by atoms with Crippen LogP contribution in [0.3, 0.4) is 0 Å². The molecule has 0 aliphatic heterocycles. The molecular formula is C13H15N5O3. The van der Waals surface area contributed by atoms with E-state index in [2.05, 4.69) is 15.4 Å². The van der Waals surface area contributed by atoms with Crippen molar-refractivity contribution in [2.45, 2.75) is 20.3 Å². The molecule has 1 aromatic carbocycles. The summed E-state index contributed by atoms with van der Waals surface area (Å²) in [5.74, 6) is 6.57. The third-order valence-electron chi connectivity index (χ3n) is 2.81. The Morgan fingerprint density at radius 3 is 2.81 bits per heavy atom. The second kappa shape index (κ2) is 6.14. The standard InChI is InChI=1S/C13H15N5O3/c1-3-10-15-11(17-14)7-12(16-10)21-9-6-4-5-8(2)13(9)18(19)20/h4-7H,3,14H2,1-2H3,(H,15,16,17). The lowest BCUT2D eigenvalue weighted by Gasteiger charge is -2.09. The van der Waals surface area contributed by atoms with Gasteiger partial charge in [-0.3, -0.25) is 10.1 Å². The van der Waals surface area contributed by atoms with E-state index >= 15 is 0 Å². The normalized spacial score (nSPS) is 10.2. The molecule has 0 amide bonds. The third kappa shape index (κ3) is 3.23. The lowest BCUT2D eigenvalue weighted by atomic mass is 10.2. The summed E-state index contributed by atoms with van der Waals surface area (Å²) >= 11 is 0. The van der Waals surface area contributed by atoms with Crippen molar-refractivity contribution in [3.63, 3.8) is 0 Å². The molecule has 1 aromatic heterocycles. The van der Waals surface area contributed by atoms with Crippen molar-refractivity contribution < 1.29 is 9.66 Å². The number of nitro groups is 1. The summed E-state index contributed by atoms with van der Waals surface area (Å²) in [6, 6.07) is 6.33. The Morgan fingerprint density at radius 1 is 1.43 bits per heavy atom. The van der Waals surface area contributed by atoms with Crippen LogP contribution in [-0.2, 0) is 6.42 Å². The zero-order valence-corrected chi connectivity index (χ0v) is 11.7. The van der Waals surface area contributed by atoms with Crippen LogP contribution >= 0.6 is 0 Å². The van der Waals surface area contributed by atoms with Crippen LogP contribution in [0.15, 0.2) is 24.3 Å². The number of benzene rings is 1. The molecule has 8 nitrogen and oxygen atoms in total. The van der Waals surface area contributed by atoms with Gasteiger partial charge in [0.1, 0.15) is 11.6 Å². The zero-order valence-electron chi connectivity index (χ0n) is 11.7. The van der Waals surface area contributed by atoms with Gasteiger partial charge in [0.05, 0.1) is 4.92 Å². The highest BCUT2D eigenvalue weighted by Gasteiger charge is 2.19. The molecular weight excluding hydrogens is 274 g/mol. The van der Waals surface area contributed by atoms with E-state index in [0.717, 1.165) is 0 Å². The molecule has 0 bridgehead atoms. The van der Waals surface area contributed by atoms with Crippen LogP contribution in [0.5, 0.6) is 11.6 Å². The van der Waals surface area contributed by atoms with Crippen molar-refractivity contribution in [1.29, 1.82) is 0 Å². The van der Waals surface area contributed by atoms with Crippen molar-refractivity contribution in [3.8, 4) is 11.6 Å². The van der Waals surface area contributed by atoms with Gasteiger partial charge in [0.25, 0.3) is 0 Å². The molecule has 1 heterocycles. The Hall–Kier alpha value is -2.74. The molecule has 110 valence electrons. The Labute approximate surface area is 121 Å². The number of ether oxygens (including phenoxy) is 1. The number of nitro benzene ring substituents is 1.